The number of benzene rings is 2. The maximum atomic E-state index is 12.5. The van der Waals surface area contributed by atoms with E-state index in [4.69, 9.17) is 14.2 Å². The van der Waals surface area contributed by atoms with Crippen LogP contribution in [0.25, 0.3) is 0 Å². The van der Waals surface area contributed by atoms with E-state index in [2.05, 4.69) is 0 Å². The molecule has 0 fully saturated rings. The highest BCUT2D eigenvalue weighted by molar-refractivity contribution is 5.79. The smallest absolute Gasteiger partial charge is 0.303 e. The van der Waals surface area contributed by atoms with Gasteiger partial charge in [0, 0.05) is 26.2 Å². The highest BCUT2D eigenvalue weighted by atomic mass is 16.6. The Balaban J connectivity index is 2.01. The number of rotatable bonds is 11. The normalized spacial score (nSPS) is 12.6. The maximum absolute atomic E-state index is 12.5. The van der Waals surface area contributed by atoms with Crippen LogP contribution in [-0.2, 0) is 27.2 Å². The Morgan fingerprint density at radius 2 is 1.48 bits per heavy atom. The third-order valence-electron chi connectivity index (χ3n) is 4.80. The minimum absolute atomic E-state index is 0.0153. The number of esters is 1. The van der Waals surface area contributed by atoms with E-state index in [-0.39, 0.29) is 42.3 Å². The number of hydrogen-bond acceptors (Lipinski definition) is 8. The molecule has 0 saturated carbocycles. The Morgan fingerprint density at radius 3 is 2.03 bits per heavy atom. The van der Waals surface area contributed by atoms with Gasteiger partial charge in [-0.3, -0.25) is 9.59 Å². The molecule has 8 nitrogen and oxygen atoms in total. The van der Waals surface area contributed by atoms with Gasteiger partial charge in [0.2, 0.25) is 0 Å². The first-order valence-electron chi connectivity index (χ1n) is 9.82. The van der Waals surface area contributed by atoms with E-state index in [0.717, 1.165) is 5.56 Å². The predicted molar refractivity (Wildman–Crippen MR) is 113 cm³/mol. The quantitative estimate of drug-likeness (QED) is 0.463. The Bertz CT molecular complexity index is 908. The van der Waals surface area contributed by atoms with Gasteiger partial charge in [0.1, 0.15) is 11.9 Å². The topological polar surface area (TPSA) is 123 Å². The fourth-order valence-electron chi connectivity index (χ4n) is 3.18. The molecule has 0 aliphatic carbocycles. The van der Waals surface area contributed by atoms with E-state index in [1.807, 2.05) is 0 Å². The summed E-state index contributed by atoms with van der Waals surface area (Å²) in [4.78, 5) is 24.0. The summed E-state index contributed by atoms with van der Waals surface area (Å²) in [6.45, 7) is 1.22. The molecule has 0 aliphatic heterocycles. The number of ketones is 1. The van der Waals surface area contributed by atoms with Crippen molar-refractivity contribution in [3.63, 3.8) is 0 Å². The van der Waals surface area contributed by atoms with Crippen molar-refractivity contribution in [1.82, 2.24) is 0 Å². The van der Waals surface area contributed by atoms with Crippen molar-refractivity contribution in [2.75, 3.05) is 14.2 Å². The van der Waals surface area contributed by atoms with Crippen LogP contribution in [0.5, 0.6) is 23.0 Å². The maximum Gasteiger partial charge on any atom is 0.303 e. The van der Waals surface area contributed by atoms with Gasteiger partial charge in [-0.1, -0.05) is 12.1 Å². The number of Topliss-reactive ketones (excluding diaryl/α,β-unsaturated/α-hetero) is 1. The fourth-order valence-corrected chi connectivity index (χ4v) is 3.18. The molecular weight excluding hydrogens is 404 g/mol. The summed E-state index contributed by atoms with van der Waals surface area (Å²) in [5, 5.41) is 29.9. The van der Waals surface area contributed by atoms with Crippen LogP contribution in [0.3, 0.4) is 0 Å². The van der Waals surface area contributed by atoms with Crippen LogP contribution < -0.4 is 9.47 Å². The molecule has 2 aromatic rings. The lowest BCUT2D eigenvalue weighted by Crippen LogP contribution is -2.34. The number of phenols is 2. The SMILES string of the molecule is COc1cc(CCC(=O)CC(OC(C)=O)C(O)Cc2ccc(O)c(OC)c2)ccc1O. The number of aromatic hydroxyl groups is 2. The molecule has 0 bridgehead atoms. The van der Waals surface area contributed by atoms with E-state index < -0.39 is 18.2 Å². The van der Waals surface area contributed by atoms with Crippen LogP contribution in [0, 0.1) is 0 Å². The first-order chi connectivity index (χ1) is 14.7. The number of aliphatic hydroxyl groups excluding tert-OH is 1. The van der Waals surface area contributed by atoms with Crippen molar-refractivity contribution in [1.29, 1.82) is 0 Å². The van der Waals surface area contributed by atoms with Crippen LogP contribution >= 0.6 is 0 Å². The van der Waals surface area contributed by atoms with Gasteiger partial charge in [0.25, 0.3) is 0 Å². The van der Waals surface area contributed by atoms with Crippen molar-refractivity contribution >= 4 is 11.8 Å². The van der Waals surface area contributed by atoms with Crippen LogP contribution in [0.1, 0.15) is 30.9 Å². The van der Waals surface area contributed by atoms with E-state index in [1.165, 1.54) is 33.3 Å². The minimum atomic E-state index is -1.11. The zero-order valence-electron chi connectivity index (χ0n) is 17.8. The van der Waals surface area contributed by atoms with E-state index in [9.17, 15) is 24.9 Å². The van der Waals surface area contributed by atoms with Gasteiger partial charge >= 0.3 is 5.97 Å². The predicted octanol–water partition coefficient (Wildman–Crippen LogP) is 2.54. The molecule has 0 radical (unpaired) electrons. The molecule has 2 rings (SSSR count). The number of carbonyl (C=O) groups excluding carboxylic acids is 2. The summed E-state index contributed by atoms with van der Waals surface area (Å²) in [6.07, 6.45) is -1.56. The van der Waals surface area contributed by atoms with Crippen molar-refractivity contribution in [3.05, 3.63) is 47.5 Å². The highest BCUT2D eigenvalue weighted by Gasteiger charge is 2.26. The number of methoxy groups -OCH3 is 2. The van der Waals surface area contributed by atoms with Crippen LogP contribution in [0.15, 0.2) is 36.4 Å². The molecule has 0 aliphatic rings. The van der Waals surface area contributed by atoms with Gasteiger partial charge in [-0.05, 0) is 41.8 Å². The molecule has 0 aromatic heterocycles. The van der Waals surface area contributed by atoms with Crippen molar-refractivity contribution in [3.8, 4) is 23.0 Å². The second-order valence-corrected chi connectivity index (χ2v) is 7.17. The molecule has 8 heteroatoms. The van der Waals surface area contributed by atoms with Crippen LogP contribution in [0.4, 0.5) is 0 Å². The number of ether oxygens (including phenoxy) is 3. The molecule has 0 spiro atoms. The summed E-state index contributed by atoms with van der Waals surface area (Å²) in [5.74, 6) is -0.208. The second-order valence-electron chi connectivity index (χ2n) is 7.17. The number of phenolic OH excluding ortho intramolecular Hbond substituents is 2. The fraction of sp³-hybridized carbons (Fsp3) is 0.391. The van der Waals surface area contributed by atoms with Gasteiger partial charge in [0.05, 0.1) is 20.3 Å². The lowest BCUT2D eigenvalue weighted by molar-refractivity contribution is -0.154. The molecular formula is C23H28O8. The molecule has 3 N–H and O–H groups in total. The molecule has 2 aromatic carbocycles. The van der Waals surface area contributed by atoms with Gasteiger partial charge in [-0.15, -0.1) is 0 Å². The molecule has 31 heavy (non-hydrogen) atoms. The van der Waals surface area contributed by atoms with Gasteiger partial charge in [-0.25, -0.2) is 0 Å². The molecule has 168 valence electrons. The number of carbonyl (C=O) groups is 2. The molecule has 2 atom stereocenters. The molecule has 0 heterocycles. The van der Waals surface area contributed by atoms with Crippen LogP contribution in [-0.4, -0.2) is 53.5 Å². The number of aryl methyl sites for hydroxylation is 1. The van der Waals surface area contributed by atoms with E-state index >= 15 is 0 Å². The van der Waals surface area contributed by atoms with Crippen LogP contribution in [0.2, 0.25) is 0 Å². The van der Waals surface area contributed by atoms with Gasteiger partial charge in [-0.2, -0.15) is 0 Å². The lowest BCUT2D eigenvalue weighted by atomic mass is 9.97. The summed E-state index contributed by atoms with van der Waals surface area (Å²) in [7, 11) is 2.86. The zero-order chi connectivity index (χ0) is 23.0. The zero-order valence-corrected chi connectivity index (χ0v) is 17.8. The summed E-state index contributed by atoms with van der Waals surface area (Å²) < 4.78 is 15.3. The highest BCUT2D eigenvalue weighted by Crippen LogP contribution is 2.28. The Morgan fingerprint density at radius 1 is 0.935 bits per heavy atom. The van der Waals surface area contributed by atoms with Crippen molar-refractivity contribution in [2.24, 2.45) is 0 Å². The number of hydrogen-bond donors (Lipinski definition) is 3. The monoisotopic (exact) mass is 432 g/mol. The Hall–Kier alpha value is -3.26. The van der Waals surface area contributed by atoms with E-state index in [1.54, 1.807) is 24.3 Å². The second kappa shape index (κ2) is 11.2. The minimum Gasteiger partial charge on any atom is -0.504 e. The first-order valence-corrected chi connectivity index (χ1v) is 9.82. The van der Waals surface area contributed by atoms with Gasteiger partial charge < -0.3 is 29.5 Å². The molecule has 0 saturated heterocycles. The third kappa shape index (κ3) is 7.18. The Labute approximate surface area is 181 Å². The summed E-state index contributed by atoms with van der Waals surface area (Å²) >= 11 is 0. The standard InChI is InChI=1S/C23H28O8/c1-14(24)31-23(20(28)10-16-6-9-19(27)22(12-16)30-3)13-17(25)7-4-15-5-8-18(26)21(11-15)29-2/h5-6,8-9,11-12,20,23,26-28H,4,7,10,13H2,1-3H3. The summed E-state index contributed by atoms with van der Waals surface area (Å²) in [5.41, 5.74) is 1.46. The largest absolute Gasteiger partial charge is 0.504 e. The van der Waals surface area contributed by atoms with E-state index in [0.29, 0.717) is 17.7 Å². The van der Waals surface area contributed by atoms with Crippen molar-refractivity contribution < 1.29 is 39.1 Å². The van der Waals surface area contributed by atoms with Crippen molar-refractivity contribution in [2.45, 2.75) is 44.8 Å². The third-order valence-corrected chi connectivity index (χ3v) is 4.80. The molecule has 0 amide bonds. The average Bonchev–Trinajstić information content (AvgIpc) is 2.73. The van der Waals surface area contributed by atoms with Gasteiger partial charge in [0.15, 0.2) is 23.0 Å². The molecule has 2 unspecified atom stereocenters. The lowest BCUT2D eigenvalue weighted by Gasteiger charge is -2.22. The number of aliphatic hydroxyl groups is 1. The average molecular weight is 432 g/mol. The first kappa shape index (κ1) is 24.0. The Kier molecular flexibility index (Phi) is 8.69. The summed E-state index contributed by atoms with van der Waals surface area (Å²) in [6, 6.07) is 9.48.